The van der Waals surface area contributed by atoms with Gasteiger partial charge in [0.05, 0.1) is 4.90 Å². The van der Waals surface area contributed by atoms with Gasteiger partial charge in [-0.25, -0.2) is 13.1 Å². The summed E-state index contributed by atoms with van der Waals surface area (Å²) in [7, 11) is -3.54. The number of sulfonamides is 1. The van der Waals surface area contributed by atoms with Crippen molar-refractivity contribution in [3.63, 3.8) is 0 Å². The molecule has 1 aromatic carbocycles. The maximum atomic E-state index is 12.3. The summed E-state index contributed by atoms with van der Waals surface area (Å²) in [4.78, 5) is 0.256. The largest absolute Gasteiger partial charge is 0.329 e. The Morgan fingerprint density at radius 3 is 2.63 bits per heavy atom. The minimum atomic E-state index is -3.54. The van der Waals surface area contributed by atoms with Crippen molar-refractivity contribution in [1.29, 1.82) is 0 Å². The van der Waals surface area contributed by atoms with Crippen LogP contribution in [0.25, 0.3) is 0 Å². The highest BCUT2D eigenvalue weighted by molar-refractivity contribution is 7.89. The van der Waals surface area contributed by atoms with Crippen LogP contribution >= 0.6 is 11.6 Å². The van der Waals surface area contributed by atoms with Crippen molar-refractivity contribution in [2.24, 2.45) is 5.73 Å². The Morgan fingerprint density at radius 2 is 2.11 bits per heavy atom. The lowest BCUT2D eigenvalue weighted by molar-refractivity contribution is 0.516. The predicted molar refractivity (Wildman–Crippen MR) is 78.9 cm³/mol. The Kier molecular flexibility index (Phi) is 6.26. The SMILES string of the molecule is CCCCC(CN)NS(=O)(=O)c1ccc(Cl)cc1C. The molecular formula is C13H21ClN2O2S. The molecule has 0 amide bonds. The van der Waals surface area contributed by atoms with E-state index in [9.17, 15) is 8.42 Å². The molecule has 0 radical (unpaired) electrons. The number of unbranched alkanes of at least 4 members (excludes halogenated alkanes) is 1. The van der Waals surface area contributed by atoms with E-state index >= 15 is 0 Å². The Hall–Kier alpha value is -0.620. The predicted octanol–water partition coefficient (Wildman–Crippen LogP) is 2.44. The van der Waals surface area contributed by atoms with Gasteiger partial charge < -0.3 is 5.73 Å². The molecule has 1 atom stereocenters. The van der Waals surface area contributed by atoms with Crippen molar-refractivity contribution in [3.8, 4) is 0 Å². The molecule has 19 heavy (non-hydrogen) atoms. The molecule has 3 N–H and O–H groups in total. The van der Waals surface area contributed by atoms with Crippen molar-refractivity contribution >= 4 is 21.6 Å². The zero-order valence-corrected chi connectivity index (χ0v) is 12.9. The van der Waals surface area contributed by atoms with Crippen LogP contribution in [0.4, 0.5) is 0 Å². The summed E-state index contributed by atoms with van der Waals surface area (Å²) in [5.74, 6) is 0. The van der Waals surface area contributed by atoms with Crippen molar-refractivity contribution in [2.45, 2.75) is 44.0 Å². The Bertz CT molecular complexity index is 517. The second-order valence-corrected chi connectivity index (χ2v) is 6.72. The fourth-order valence-corrected chi connectivity index (χ4v) is 3.61. The molecule has 1 aromatic rings. The molecule has 1 rings (SSSR count). The van der Waals surface area contributed by atoms with Crippen LogP contribution in [0.3, 0.4) is 0 Å². The third kappa shape index (κ3) is 4.76. The van der Waals surface area contributed by atoms with Gasteiger partial charge in [-0.1, -0.05) is 31.4 Å². The molecule has 0 aliphatic carbocycles. The van der Waals surface area contributed by atoms with Gasteiger partial charge >= 0.3 is 0 Å². The summed E-state index contributed by atoms with van der Waals surface area (Å²) < 4.78 is 27.2. The summed E-state index contributed by atoms with van der Waals surface area (Å²) in [5, 5.41) is 0.526. The summed E-state index contributed by atoms with van der Waals surface area (Å²) in [6.07, 6.45) is 2.71. The first-order valence-electron chi connectivity index (χ1n) is 6.39. The average molecular weight is 305 g/mol. The van der Waals surface area contributed by atoms with Crippen LogP contribution in [0.1, 0.15) is 31.7 Å². The molecule has 0 saturated heterocycles. The summed E-state index contributed by atoms with van der Waals surface area (Å²) in [6.45, 7) is 4.08. The molecule has 0 saturated carbocycles. The second kappa shape index (κ2) is 7.24. The zero-order valence-electron chi connectivity index (χ0n) is 11.3. The monoisotopic (exact) mass is 304 g/mol. The molecule has 0 aliphatic rings. The van der Waals surface area contributed by atoms with Crippen molar-refractivity contribution < 1.29 is 8.42 Å². The minimum Gasteiger partial charge on any atom is -0.329 e. The highest BCUT2D eigenvalue weighted by Gasteiger charge is 2.20. The normalized spacial score (nSPS) is 13.5. The Morgan fingerprint density at radius 1 is 1.42 bits per heavy atom. The quantitative estimate of drug-likeness (QED) is 0.812. The van der Waals surface area contributed by atoms with Crippen LogP contribution in [0, 0.1) is 6.92 Å². The third-order valence-electron chi connectivity index (χ3n) is 2.94. The maximum absolute atomic E-state index is 12.3. The smallest absolute Gasteiger partial charge is 0.241 e. The fraction of sp³-hybridized carbons (Fsp3) is 0.538. The number of nitrogens with one attached hydrogen (secondary N) is 1. The van der Waals surface area contributed by atoms with Crippen LogP contribution in [0.2, 0.25) is 5.02 Å². The molecule has 0 aromatic heterocycles. The molecule has 0 spiro atoms. The van der Waals surface area contributed by atoms with Gasteiger partial charge in [0, 0.05) is 17.6 Å². The van der Waals surface area contributed by atoms with E-state index in [1.165, 1.54) is 6.07 Å². The molecule has 1 unspecified atom stereocenters. The summed E-state index contributed by atoms with van der Waals surface area (Å²) in [6, 6.07) is 4.51. The van der Waals surface area contributed by atoms with E-state index in [1.807, 2.05) is 0 Å². The van der Waals surface area contributed by atoms with Gasteiger partial charge in [-0.05, 0) is 37.1 Å². The van der Waals surface area contributed by atoms with E-state index in [4.69, 9.17) is 17.3 Å². The van der Waals surface area contributed by atoms with Gasteiger partial charge in [-0.2, -0.15) is 0 Å². The lowest BCUT2D eigenvalue weighted by Crippen LogP contribution is -2.40. The van der Waals surface area contributed by atoms with Gasteiger partial charge in [0.25, 0.3) is 0 Å². The molecule has 0 heterocycles. The number of nitrogens with two attached hydrogens (primary N) is 1. The van der Waals surface area contributed by atoms with Gasteiger partial charge in [0.1, 0.15) is 0 Å². The zero-order chi connectivity index (χ0) is 14.5. The summed E-state index contributed by atoms with van der Waals surface area (Å²) >= 11 is 5.83. The number of aryl methyl sites for hydroxylation is 1. The number of halogens is 1. The van der Waals surface area contributed by atoms with Crippen LogP contribution < -0.4 is 10.5 Å². The molecule has 0 fully saturated rings. The number of hydrogen-bond acceptors (Lipinski definition) is 3. The number of hydrogen-bond donors (Lipinski definition) is 2. The first-order chi connectivity index (χ1) is 8.90. The van der Waals surface area contributed by atoms with E-state index in [0.717, 1.165) is 19.3 Å². The van der Waals surface area contributed by atoms with Crippen LogP contribution in [0.5, 0.6) is 0 Å². The Balaban J connectivity index is 2.90. The lowest BCUT2D eigenvalue weighted by Gasteiger charge is -2.17. The fourth-order valence-electron chi connectivity index (χ4n) is 1.87. The molecule has 4 nitrogen and oxygen atoms in total. The van der Waals surface area contributed by atoms with Crippen LogP contribution in [0.15, 0.2) is 23.1 Å². The van der Waals surface area contributed by atoms with Crippen molar-refractivity contribution in [1.82, 2.24) is 4.72 Å². The first kappa shape index (κ1) is 16.4. The lowest BCUT2D eigenvalue weighted by atomic mass is 10.1. The number of rotatable bonds is 7. The first-order valence-corrected chi connectivity index (χ1v) is 8.25. The van der Waals surface area contributed by atoms with Gasteiger partial charge in [-0.3, -0.25) is 0 Å². The highest BCUT2D eigenvalue weighted by atomic mass is 35.5. The average Bonchev–Trinajstić information content (AvgIpc) is 2.33. The van der Waals surface area contributed by atoms with E-state index in [2.05, 4.69) is 11.6 Å². The second-order valence-electron chi connectivity index (χ2n) is 4.61. The van der Waals surface area contributed by atoms with Gasteiger partial charge in [0.2, 0.25) is 10.0 Å². The topological polar surface area (TPSA) is 72.2 Å². The molecule has 6 heteroatoms. The standard InChI is InChI=1S/C13H21ClN2O2S/c1-3-4-5-12(9-15)16-19(17,18)13-7-6-11(14)8-10(13)2/h6-8,12,16H,3-5,9,15H2,1-2H3. The molecule has 108 valence electrons. The van der Waals surface area contributed by atoms with Crippen LogP contribution in [-0.2, 0) is 10.0 Å². The Labute approximate surface area is 120 Å². The van der Waals surface area contributed by atoms with E-state index in [1.54, 1.807) is 19.1 Å². The summed E-state index contributed by atoms with van der Waals surface area (Å²) in [5.41, 5.74) is 6.24. The van der Waals surface area contributed by atoms with Gasteiger partial charge in [0.15, 0.2) is 0 Å². The number of benzene rings is 1. The van der Waals surface area contributed by atoms with Gasteiger partial charge in [-0.15, -0.1) is 0 Å². The minimum absolute atomic E-state index is 0.222. The van der Waals surface area contributed by atoms with E-state index < -0.39 is 10.0 Å². The molecular weight excluding hydrogens is 284 g/mol. The van der Waals surface area contributed by atoms with Crippen molar-refractivity contribution in [2.75, 3.05) is 6.54 Å². The maximum Gasteiger partial charge on any atom is 0.241 e. The van der Waals surface area contributed by atoms with Crippen LogP contribution in [-0.4, -0.2) is 21.0 Å². The highest BCUT2D eigenvalue weighted by Crippen LogP contribution is 2.20. The van der Waals surface area contributed by atoms with Crippen molar-refractivity contribution in [3.05, 3.63) is 28.8 Å². The molecule has 0 bridgehead atoms. The van der Waals surface area contributed by atoms with E-state index in [0.29, 0.717) is 17.1 Å². The molecule has 0 aliphatic heterocycles. The van der Waals surface area contributed by atoms with E-state index in [-0.39, 0.29) is 10.9 Å². The third-order valence-corrected chi connectivity index (χ3v) is 4.85.